The van der Waals surface area contributed by atoms with Gasteiger partial charge < -0.3 is 4.74 Å². The Morgan fingerprint density at radius 3 is 2.77 bits per heavy atom. The van der Waals surface area contributed by atoms with Gasteiger partial charge in [-0.15, -0.1) is 0 Å². The Bertz CT molecular complexity index is 847. The smallest absolute Gasteiger partial charge is 0.333 e. The van der Waals surface area contributed by atoms with Crippen LogP contribution < -0.4 is 10.4 Å². The Balaban J connectivity index is 1.57. The van der Waals surface area contributed by atoms with Crippen molar-refractivity contribution in [2.45, 2.75) is 26.0 Å². The summed E-state index contributed by atoms with van der Waals surface area (Å²) in [6.45, 7) is 1.16. The summed E-state index contributed by atoms with van der Waals surface area (Å²) in [5, 5.41) is 0. The van der Waals surface area contributed by atoms with Gasteiger partial charge in [0.1, 0.15) is 18.0 Å². The second-order valence-corrected chi connectivity index (χ2v) is 5.76. The van der Waals surface area contributed by atoms with Crippen molar-refractivity contribution >= 4 is 5.65 Å². The van der Waals surface area contributed by atoms with Crippen LogP contribution in [0, 0.1) is 5.92 Å². The van der Waals surface area contributed by atoms with Crippen LogP contribution in [0.2, 0.25) is 0 Å². The first-order valence-corrected chi connectivity index (χ1v) is 7.55. The zero-order chi connectivity index (χ0) is 14.9. The molecule has 1 saturated carbocycles. The molecule has 3 aromatic rings. The van der Waals surface area contributed by atoms with Crippen molar-refractivity contribution in [1.29, 1.82) is 0 Å². The number of fused-ring (bicyclic) bond motifs is 1. The maximum absolute atomic E-state index is 12.4. The fourth-order valence-electron chi connectivity index (χ4n) is 2.54. The van der Waals surface area contributed by atoms with Crippen LogP contribution in [0.1, 0.15) is 18.5 Å². The van der Waals surface area contributed by atoms with Crippen molar-refractivity contribution in [3.05, 3.63) is 65.0 Å². The molecule has 4 rings (SSSR count). The van der Waals surface area contributed by atoms with Gasteiger partial charge >= 0.3 is 5.69 Å². The van der Waals surface area contributed by atoms with E-state index in [0.717, 1.165) is 18.0 Å². The third kappa shape index (κ3) is 2.62. The average molecular weight is 295 g/mol. The summed E-state index contributed by atoms with van der Waals surface area (Å²) in [6.07, 6.45) is 6.06. The normalized spacial score (nSPS) is 14.4. The molecule has 5 heteroatoms. The quantitative estimate of drug-likeness (QED) is 0.726. The lowest BCUT2D eigenvalue weighted by molar-refractivity contribution is 0.302. The molecule has 0 amide bonds. The SMILES string of the molecule is O=c1n(CC2CC2)ccc2nc(COc3ccccc3)cn12. The Morgan fingerprint density at radius 1 is 1.18 bits per heavy atom. The fourth-order valence-corrected chi connectivity index (χ4v) is 2.54. The molecule has 0 N–H and O–H groups in total. The van der Waals surface area contributed by atoms with Crippen molar-refractivity contribution in [1.82, 2.24) is 14.0 Å². The molecular weight excluding hydrogens is 278 g/mol. The molecule has 1 aliphatic carbocycles. The van der Waals surface area contributed by atoms with Crippen LogP contribution in [0.15, 0.2) is 53.6 Å². The fraction of sp³-hybridized carbons (Fsp3) is 0.294. The lowest BCUT2D eigenvalue weighted by atomic mass is 10.3. The predicted molar refractivity (Wildman–Crippen MR) is 83.0 cm³/mol. The van der Waals surface area contributed by atoms with E-state index >= 15 is 0 Å². The van der Waals surface area contributed by atoms with Crippen LogP contribution in [0.4, 0.5) is 0 Å². The molecule has 2 heterocycles. The molecule has 0 atom stereocenters. The minimum Gasteiger partial charge on any atom is -0.487 e. The number of benzene rings is 1. The van der Waals surface area contributed by atoms with Crippen LogP contribution in [-0.4, -0.2) is 14.0 Å². The minimum atomic E-state index is -0.0251. The van der Waals surface area contributed by atoms with Gasteiger partial charge in [-0.2, -0.15) is 0 Å². The minimum absolute atomic E-state index is 0.0251. The molecule has 2 aromatic heterocycles. The van der Waals surface area contributed by atoms with Gasteiger partial charge in [-0.3, -0.25) is 8.97 Å². The molecule has 112 valence electrons. The maximum atomic E-state index is 12.4. The van der Waals surface area contributed by atoms with E-state index in [9.17, 15) is 4.79 Å². The zero-order valence-electron chi connectivity index (χ0n) is 12.2. The third-order valence-corrected chi connectivity index (χ3v) is 3.92. The van der Waals surface area contributed by atoms with Gasteiger partial charge in [0.05, 0.1) is 5.69 Å². The van der Waals surface area contributed by atoms with Gasteiger partial charge in [-0.1, -0.05) is 18.2 Å². The lowest BCUT2D eigenvalue weighted by Crippen LogP contribution is -2.26. The van der Waals surface area contributed by atoms with Gasteiger partial charge in [0.25, 0.3) is 0 Å². The van der Waals surface area contributed by atoms with E-state index in [2.05, 4.69) is 4.98 Å². The molecule has 0 unspecified atom stereocenters. The largest absolute Gasteiger partial charge is 0.487 e. The first kappa shape index (κ1) is 13.1. The van der Waals surface area contributed by atoms with E-state index in [1.54, 1.807) is 15.2 Å². The summed E-state index contributed by atoms with van der Waals surface area (Å²) in [7, 11) is 0. The molecule has 0 saturated heterocycles. The number of aromatic nitrogens is 3. The van der Waals surface area contributed by atoms with Crippen LogP contribution in [0.3, 0.4) is 0 Å². The first-order chi connectivity index (χ1) is 10.8. The third-order valence-electron chi connectivity index (χ3n) is 3.92. The summed E-state index contributed by atoms with van der Waals surface area (Å²) in [4.78, 5) is 16.9. The summed E-state index contributed by atoms with van der Waals surface area (Å²) in [5.74, 6) is 1.46. The summed E-state index contributed by atoms with van der Waals surface area (Å²) in [6, 6.07) is 11.5. The van der Waals surface area contributed by atoms with Crippen LogP contribution in [0.25, 0.3) is 5.65 Å². The number of hydrogen-bond acceptors (Lipinski definition) is 3. The predicted octanol–water partition coefficient (Wildman–Crippen LogP) is 2.49. The molecule has 1 fully saturated rings. The van der Waals surface area contributed by atoms with Gasteiger partial charge in [0, 0.05) is 18.9 Å². The van der Waals surface area contributed by atoms with E-state index in [1.807, 2.05) is 42.6 Å². The number of imidazole rings is 1. The molecule has 5 nitrogen and oxygen atoms in total. The van der Waals surface area contributed by atoms with Crippen molar-refractivity contribution in [2.24, 2.45) is 5.92 Å². The molecular formula is C17H17N3O2. The van der Waals surface area contributed by atoms with E-state index in [1.165, 1.54) is 12.8 Å². The Morgan fingerprint density at radius 2 is 2.00 bits per heavy atom. The highest BCUT2D eigenvalue weighted by Crippen LogP contribution is 2.29. The highest BCUT2D eigenvalue weighted by molar-refractivity contribution is 5.38. The Kier molecular flexibility index (Phi) is 3.18. The monoisotopic (exact) mass is 295 g/mol. The summed E-state index contributed by atoms with van der Waals surface area (Å²) < 4.78 is 9.06. The Labute approximate surface area is 127 Å². The highest BCUT2D eigenvalue weighted by Gasteiger charge is 2.22. The van der Waals surface area contributed by atoms with E-state index in [0.29, 0.717) is 18.2 Å². The number of ether oxygens (including phenoxy) is 1. The van der Waals surface area contributed by atoms with Crippen molar-refractivity contribution in [3.8, 4) is 5.75 Å². The van der Waals surface area contributed by atoms with E-state index in [-0.39, 0.29) is 5.69 Å². The average Bonchev–Trinajstić information content (AvgIpc) is 3.26. The number of para-hydroxylation sites is 1. The molecule has 1 aliphatic rings. The van der Waals surface area contributed by atoms with Gasteiger partial charge in [0.2, 0.25) is 0 Å². The number of rotatable bonds is 5. The Hall–Kier alpha value is -2.56. The molecule has 1 aromatic carbocycles. The van der Waals surface area contributed by atoms with E-state index in [4.69, 9.17) is 4.74 Å². The van der Waals surface area contributed by atoms with Crippen molar-refractivity contribution in [2.75, 3.05) is 0 Å². The second kappa shape index (κ2) is 5.33. The highest BCUT2D eigenvalue weighted by atomic mass is 16.5. The number of nitrogens with zero attached hydrogens (tertiary/aromatic N) is 3. The molecule has 0 radical (unpaired) electrons. The standard InChI is InChI=1S/C17H17N3O2/c21-17-19(10-13-6-7-13)9-8-16-18-14(11-20(16)17)12-22-15-4-2-1-3-5-15/h1-5,8-9,11,13H,6-7,10,12H2. The van der Waals surface area contributed by atoms with Gasteiger partial charge in [0.15, 0.2) is 0 Å². The van der Waals surface area contributed by atoms with Crippen molar-refractivity contribution < 1.29 is 4.74 Å². The molecule has 0 bridgehead atoms. The first-order valence-electron chi connectivity index (χ1n) is 7.55. The van der Waals surface area contributed by atoms with Crippen LogP contribution in [-0.2, 0) is 13.2 Å². The molecule has 22 heavy (non-hydrogen) atoms. The topological polar surface area (TPSA) is 48.5 Å². The zero-order valence-corrected chi connectivity index (χ0v) is 12.2. The van der Waals surface area contributed by atoms with Crippen molar-refractivity contribution in [3.63, 3.8) is 0 Å². The molecule has 0 aliphatic heterocycles. The van der Waals surface area contributed by atoms with E-state index < -0.39 is 0 Å². The van der Waals surface area contributed by atoms with Crippen LogP contribution >= 0.6 is 0 Å². The summed E-state index contributed by atoms with van der Waals surface area (Å²) >= 11 is 0. The number of hydrogen-bond donors (Lipinski definition) is 0. The second-order valence-electron chi connectivity index (χ2n) is 5.76. The molecule has 0 spiro atoms. The lowest BCUT2D eigenvalue weighted by Gasteiger charge is -2.03. The van der Waals surface area contributed by atoms with Crippen LogP contribution in [0.5, 0.6) is 5.75 Å². The summed E-state index contributed by atoms with van der Waals surface area (Å²) in [5.41, 5.74) is 1.40. The van der Waals surface area contributed by atoms with Gasteiger partial charge in [-0.25, -0.2) is 9.78 Å². The maximum Gasteiger partial charge on any atom is 0.333 e. The van der Waals surface area contributed by atoms with Gasteiger partial charge in [-0.05, 0) is 37.0 Å².